The summed E-state index contributed by atoms with van der Waals surface area (Å²) >= 11 is 5.84. The van der Waals surface area contributed by atoms with Crippen LogP contribution in [0.5, 0.6) is 5.75 Å². The number of nitrogens with zero attached hydrogens (tertiary/aromatic N) is 1. The Hall–Kier alpha value is -3.32. The monoisotopic (exact) mass is 386 g/mol. The first-order valence-electron chi connectivity index (χ1n) is 7.91. The maximum Gasteiger partial charge on any atom is 0.343 e. The van der Waals surface area contributed by atoms with E-state index in [2.05, 4.69) is 10.1 Å². The fourth-order valence-electron chi connectivity index (χ4n) is 2.44. The molecule has 2 aromatic carbocycles. The molecule has 7 nitrogen and oxygen atoms in total. The number of para-hydroxylation sites is 1. The predicted molar refractivity (Wildman–Crippen MR) is 99.4 cm³/mol. The van der Waals surface area contributed by atoms with Gasteiger partial charge in [0, 0.05) is 10.6 Å². The molecule has 8 heteroatoms. The van der Waals surface area contributed by atoms with Crippen LogP contribution in [0.15, 0.2) is 54.2 Å². The van der Waals surface area contributed by atoms with E-state index in [4.69, 9.17) is 16.3 Å². The molecule has 1 aliphatic heterocycles. The summed E-state index contributed by atoms with van der Waals surface area (Å²) < 4.78 is 9.96. The lowest BCUT2D eigenvalue weighted by atomic mass is 10.1. The van der Waals surface area contributed by atoms with E-state index in [1.807, 2.05) is 0 Å². The van der Waals surface area contributed by atoms with Crippen molar-refractivity contribution in [3.63, 3.8) is 0 Å². The quantitative estimate of drug-likeness (QED) is 0.485. The van der Waals surface area contributed by atoms with Crippen molar-refractivity contribution in [3.8, 4) is 5.75 Å². The predicted octanol–water partition coefficient (Wildman–Crippen LogP) is 2.99. The van der Waals surface area contributed by atoms with Crippen molar-refractivity contribution in [2.75, 3.05) is 18.6 Å². The molecule has 0 bridgehead atoms. The number of rotatable bonds is 5. The third-order valence-electron chi connectivity index (χ3n) is 3.76. The van der Waals surface area contributed by atoms with Crippen molar-refractivity contribution in [2.45, 2.75) is 0 Å². The van der Waals surface area contributed by atoms with E-state index >= 15 is 0 Å². The summed E-state index contributed by atoms with van der Waals surface area (Å²) in [7, 11) is 1.26. The van der Waals surface area contributed by atoms with Crippen LogP contribution in [0.3, 0.4) is 0 Å². The topological polar surface area (TPSA) is 84.9 Å². The minimum Gasteiger partial charge on any atom is -0.481 e. The number of halogens is 1. The molecule has 1 heterocycles. The van der Waals surface area contributed by atoms with E-state index in [0.717, 1.165) is 4.90 Å². The van der Waals surface area contributed by atoms with Gasteiger partial charge in [-0.1, -0.05) is 29.8 Å². The van der Waals surface area contributed by atoms with E-state index in [9.17, 15) is 14.4 Å². The number of hydrogen-bond acceptors (Lipinski definition) is 5. The molecule has 1 N–H and O–H groups in total. The Morgan fingerprint density at radius 3 is 2.56 bits per heavy atom. The fourth-order valence-corrected chi connectivity index (χ4v) is 2.57. The zero-order valence-electron chi connectivity index (χ0n) is 14.3. The van der Waals surface area contributed by atoms with E-state index in [-0.39, 0.29) is 12.3 Å². The van der Waals surface area contributed by atoms with E-state index in [1.54, 1.807) is 48.5 Å². The highest BCUT2D eigenvalue weighted by molar-refractivity contribution is 6.31. The smallest absolute Gasteiger partial charge is 0.343 e. The second kappa shape index (κ2) is 7.92. The van der Waals surface area contributed by atoms with Crippen LogP contribution in [0.2, 0.25) is 5.02 Å². The molecular formula is C19H15ClN2O5. The number of ether oxygens (including phenoxy) is 2. The second-order valence-electron chi connectivity index (χ2n) is 5.51. The number of amides is 3. The molecule has 27 heavy (non-hydrogen) atoms. The lowest BCUT2D eigenvalue weighted by Gasteiger charge is -2.11. The molecule has 0 unspecified atom stereocenters. The standard InChI is InChI=1S/C19H15ClN2O5/c1-26-17(23)11-27-16-5-3-2-4-12(16)10-15-18(24)22(19(25)21-15)14-8-6-13(20)7-9-14/h2-10H,11H2,1H3,(H,21,25)/b15-10+. The van der Waals surface area contributed by atoms with Crippen LogP contribution in [0.25, 0.3) is 6.08 Å². The summed E-state index contributed by atoms with van der Waals surface area (Å²) in [5.41, 5.74) is 1.02. The van der Waals surface area contributed by atoms with Crippen LogP contribution in [0, 0.1) is 0 Å². The minimum atomic E-state index is -0.568. The van der Waals surface area contributed by atoms with Gasteiger partial charge in [-0.05, 0) is 36.4 Å². The number of esters is 1. The average molecular weight is 387 g/mol. The third-order valence-corrected chi connectivity index (χ3v) is 4.01. The number of anilines is 1. The summed E-state index contributed by atoms with van der Waals surface area (Å²) in [6, 6.07) is 12.6. The molecule has 138 valence electrons. The van der Waals surface area contributed by atoms with Crippen molar-refractivity contribution in [2.24, 2.45) is 0 Å². The highest BCUT2D eigenvalue weighted by Crippen LogP contribution is 2.26. The van der Waals surface area contributed by atoms with Gasteiger partial charge in [-0.15, -0.1) is 0 Å². The highest BCUT2D eigenvalue weighted by atomic mass is 35.5. The second-order valence-corrected chi connectivity index (χ2v) is 5.94. The zero-order valence-corrected chi connectivity index (χ0v) is 15.0. The SMILES string of the molecule is COC(=O)COc1ccccc1/C=C1/NC(=O)N(c2ccc(Cl)cc2)C1=O. The number of benzene rings is 2. The van der Waals surface area contributed by atoms with Crippen LogP contribution in [-0.4, -0.2) is 31.6 Å². The van der Waals surface area contributed by atoms with Crippen LogP contribution >= 0.6 is 11.6 Å². The minimum absolute atomic E-state index is 0.0871. The van der Waals surface area contributed by atoms with Crippen molar-refractivity contribution in [1.82, 2.24) is 5.32 Å². The molecular weight excluding hydrogens is 372 g/mol. The molecule has 0 spiro atoms. The number of methoxy groups -OCH3 is 1. The van der Waals surface area contributed by atoms with Gasteiger partial charge in [-0.2, -0.15) is 0 Å². The van der Waals surface area contributed by atoms with Crippen LogP contribution in [-0.2, 0) is 14.3 Å². The number of hydrogen-bond donors (Lipinski definition) is 1. The number of urea groups is 1. The zero-order chi connectivity index (χ0) is 19.4. The summed E-state index contributed by atoms with van der Waals surface area (Å²) in [6.45, 7) is -0.270. The van der Waals surface area contributed by atoms with Crippen molar-refractivity contribution in [3.05, 3.63) is 64.8 Å². The van der Waals surface area contributed by atoms with Gasteiger partial charge in [0.05, 0.1) is 12.8 Å². The number of carbonyl (C=O) groups is 3. The average Bonchev–Trinajstić information content (AvgIpc) is 2.95. The maximum atomic E-state index is 12.7. The lowest BCUT2D eigenvalue weighted by Crippen LogP contribution is -2.30. The maximum absolute atomic E-state index is 12.7. The largest absolute Gasteiger partial charge is 0.481 e. The Morgan fingerprint density at radius 2 is 1.85 bits per heavy atom. The number of imide groups is 1. The van der Waals surface area contributed by atoms with Crippen LogP contribution in [0.4, 0.5) is 10.5 Å². The first-order chi connectivity index (χ1) is 13.0. The Bertz CT molecular complexity index is 924. The summed E-state index contributed by atoms with van der Waals surface area (Å²) in [5, 5.41) is 3.04. The molecule has 3 amide bonds. The molecule has 0 aromatic heterocycles. The summed E-state index contributed by atoms with van der Waals surface area (Å²) in [5.74, 6) is -0.663. The molecule has 1 saturated heterocycles. The van der Waals surface area contributed by atoms with Gasteiger partial charge in [0.15, 0.2) is 6.61 Å². The van der Waals surface area contributed by atoms with Crippen molar-refractivity contribution < 1.29 is 23.9 Å². The molecule has 0 saturated carbocycles. The van der Waals surface area contributed by atoms with Gasteiger partial charge in [-0.3, -0.25) is 4.79 Å². The Labute approximate surface area is 160 Å². The summed E-state index contributed by atoms with van der Waals surface area (Å²) in [6.07, 6.45) is 1.49. The molecule has 2 aromatic rings. The van der Waals surface area contributed by atoms with Crippen LogP contribution in [0.1, 0.15) is 5.56 Å². The van der Waals surface area contributed by atoms with Gasteiger partial charge in [0.1, 0.15) is 11.4 Å². The van der Waals surface area contributed by atoms with E-state index in [0.29, 0.717) is 22.0 Å². The van der Waals surface area contributed by atoms with Gasteiger partial charge >= 0.3 is 12.0 Å². The Balaban J connectivity index is 1.86. The lowest BCUT2D eigenvalue weighted by molar-refractivity contribution is -0.142. The van der Waals surface area contributed by atoms with E-state index in [1.165, 1.54) is 13.2 Å². The molecule has 0 aliphatic carbocycles. The van der Waals surface area contributed by atoms with Gasteiger partial charge < -0.3 is 14.8 Å². The van der Waals surface area contributed by atoms with E-state index < -0.39 is 17.9 Å². The summed E-state index contributed by atoms with van der Waals surface area (Å²) in [4.78, 5) is 37.2. The molecule has 1 fully saturated rings. The molecule has 0 radical (unpaired) electrons. The molecule has 3 rings (SSSR count). The molecule has 0 atom stereocenters. The fraction of sp³-hybridized carbons (Fsp3) is 0.105. The van der Waals surface area contributed by atoms with Crippen molar-refractivity contribution >= 4 is 41.3 Å². The third kappa shape index (κ3) is 4.09. The van der Waals surface area contributed by atoms with Gasteiger partial charge in [0.25, 0.3) is 5.91 Å². The Morgan fingerprint density at radius 1 is 1.15 bits per heavy atom. The normalized spacial score (nSPS) is 15.0. The number of nitrogens with one attached hydrogen (secondary N) is 1. The van der Waals surface area contributed by atoms with Crippen LogP contribution < -0.4 is 15.0 Å². The first kappa shape index (κ1) is 18.5. The number of carbonyl (C=O) groups excluding carboxylic acids is 3. The molecule has 1 aliphatic rings. The first-order valence-corrected chi connectivity index (χ1v) is 8.28. The Kier molecular flexibility index (Phi) is 5.42. The van der Waals surface area contributed by atoms with Crippen molar-refractivity contribution in [1.29, 1.82) is 0 Å². The van der Waals surface area contributed by atoms with Gasteiger partial charge in [-0.25, -0.2) is 14.5 Å². The van der Waals surface area contributed by atoms with Gasteiger partial charge in [0.2, 0.25) is 0 Å². The highest BCUT2D eigenvalue weighted by Gasteiger charge is 2.34.